The fraction of sp³-hybridized carbons (Fsp3) is 0.357. The van der Waals surface area contributed by atoms with Crippen molar-refractivity contribution in [3.05, 3.63) is 65.2 Å². The Hall–Kier alpha value is -3.69. The number of para-hydroxylation sites is 1. The summed E-state index contributed by atoms with van der Waals surface area (Å²) in [4.78, 5) is 23.1. The number of rotatable bonds is 7. The third-order valence-electron chi connectivity index (χ3n) is 6.08. The summed E-state index contributed by atoms with van der Waals surface area (Å²) >= 11 is 6.45. The lowest BCUT2D eigenvalue weighted by molar-refractivity contribution is -0.137. The highest BCUT2D eigenvalue weighted by molar-refractivity contribution is 6.31. The van der Waals surface area contributed by atoms with Crippen LogP contribution in [0.25, 0.3) is 22.2 Å². The number of carbonyl (C=O) groups is 1. The van der Waals surface area contributed by atoms with Crippen molar-refractivity contribution < 1.29 is 19.0 Å². The van der Waals surface area contributed by atoms with Crippen LogP contribution in [0.1, 0.15) is 25.1 Å². The van der Waals surface area contributed by atoms with Crippen LogP contribution >= 0.6 is 11.6 Å². The van der Waals surface area contributed by atoms with Gasteiger partial charge in [0.05, 0.1) is 35.7 Å². The van der Waals surface area contributed by atoms with Crippen LogP contribution in [0.4, 0.5) is 0 Å². The van der Waals surface area contributed by atoms with E-state index >= 15 is 0 Å². The maximum atomic E-state index is 12.5. The van der Waals surface area contributed by atoms with Crippen LogP contribution in [0.3, 0.4) is 0 Å². The quantitative estimate of drug-likeness (QED) is 0.333. The number of carbonyl (C=O) groups excluding carboxylic acids is 1. The number of morpholine rings is 1. The Bertz CT molecular complexity index is 1400. The van der Waals surface area contributed by atoms with Gasteiger partial charge in [-0.05, 0) is 25.1 Å². The van der Waals surface area contributed by atoms with Gasteiger partial charge < -0.3 is 19.1 Å². The summed E-state index contributed by atoms with van der Waals surface area (Å²) in [5, 5.41) is 5.65. The molecule has 200 valence electrons. The Morgan fingerprint density at radius 2 is 1.89 bits per heavy atom. The molecule has 0 bridgehead atoms. The predicted molar refractivity (Wildman–Crippen MR) is 147 cm³/mol. The monoisotopic (exact) mass is 537 g/mol. The number of nitrogens with zero attached hydrogens (tertiary/aromatic N) is 5. The Labute approximate surface area is 227 Å². The van der Waals surface area contributed by atoms with Crippen molar-refractivity contribution in [2.75, 3.05) is 32.9 Å². The topological polar surface area (TPSA) is 91.6 Å². The van der Waals surface area contributed by atoms with Crippen molar-refractivity contribution in [1.82, 2.24) is 24.6 Å². The second kappa shape index (κ2) is 12.7. The standard InChI is InChI=1S/C26H26ClN5O4.C2H6/c1-17-12-19(22-6-7-29-31(22)2)18-4-3-5-23(26(18)30-17)35-15-20-21(27)13-28-14-24(20)36-16-25(33)32-8-10-34-11-9-32;1-2/h3-7,12-14H,8-11,15-16H2,1-2H3;1-2H3. The minimum atomic E-state index is -0.113. The van der Waals surface area contributed by atoms with Crippen LogP contribution in [-0.4, -0.2) is 63.5 Å². The second-order valence-electron chi connectivity index (χ2n) is 8.47. The van der Waals surface area contributed by atoms with Gasteiger partial charge in [0.2, 0.25) is 0 Å². The third kappa shape index (κ3) is 6.06. The summed E-state index contributed by atoms with van der Waals surface area (Å²) in [6.07, 6.45) is 4.85. The van der Waals surface area contributed by atoms with Gasteiger partial charge in [0.25, 0.3) is 5.91 Å². The first-order chi connectivity index (χ1) is 18.5. The molecule has 4 aromatic rings. The first-order valence-electron chi connectivity index (χ1n) is 12.6. The van der Waals surface area contributed by atoms with Crippen LogP contribution in [0.5, 0.6) is 11.5 Å². The molecule has 1 saturated heterocycles. The van der Waals surface area contributed by atoms with E-state index in [1.807, 2.05) is 62.8 Å². The van der Waals surface area contributed by atoms with Gasteiger partial charge in [-0.2, -0.15) is 5.10 Å². The Balaban J connectivity index is 0.00000164. The van der Waals surface area contributed by atoms with Crippen molar-refractivity contribution in [1.29, 1.82) is 0 Å². The zero-order chi connectivity index (χ0) is 27.1. The number of hydrogen-bond donors (Lipinski definition) is 0. The number of benzene rings is 1. The van der Waals surface area contributed by atoms with Crippen molar-refractivity contribution in [2.45, 2.75) is 27.4 Å². The fourth-order valence-electron chi connectivity index (χ4n) is 4.22. The van der Waals surface area contributed by atoms with Gasteiger partial charge in [-0.1, -0.05) is 37.6 Å². The molecule has 0 saturated carbocycles. The zero-order valence-electron chi connectivity index (χ0n) is 22.1. The average molecular weight is 538 g/mol. The Morgan fingerprint density at radius 3 is 2.63 bits per heavy atom. The molecule has 4 heterocycles. The van der Waals surface area contributed by atoms with Crippen LogP contribution in [0.15, 0.2) is 48.9 Å². The van der Waals surface area contributed by atoms with Crippen LogP contribution in [0.2, 0.25) is 5.02 Å². The van der Waals surface area contributed by atoms with Crippen molar-refractivity contribution in [2.24, 2.45) is 7.05 Å². The number of fused-ring (bicyclic) bond motifs is 1. The van der Waals surface area contributed by atoms with E-state index in [4.69, 9.17) is 30.8 Å². The largest absolute Gasteiger partial charge is 0.486 e. The molecule has 5 rings (SSSR count). The van der Waals surface area contributed by atoms with Gasteiger partial charge in [-0.25, -0.2) is 4.98 Å². The summed E-state index contributed by atoms with van der Waals surface area (Å²) in [7, 11) is 1.91. The molecule has 3 aromatic heterocycles. The highest BCUT2D eigenvalue weighted by Crippen LogP contribution is 2.34. The molecular formula is C28H32ClN5O4. The highest BCUT2D eigenvalue weighted by Gasteiger charge is 2.19. The number of hydrogen-bond acceptors (Lipinski definition) is 7. The van der Waals surface area contributed by atoms with Gasteiger partial charge in [-0.15, -0.1) is 0 Å². The van der Waals surface area contributed by atoms with Crippen molar-refractivity contribution in [3.8, 4) is 22.8 Å². The molecule has 0 aliphatic carbocycles. The van der Waals surface area contributed by atoms with Crippen LogP contribution in [-0.2, 0) is 23.2 Å². The number of ether oxygens (including phenoxy) is 3. The number of halogens is 1. The summed E-state index contributed by atoms with van der Waals surface area (Å²) in [6.45, 7) is 8.14. The van der Waals surface area contributed by atoms with E-state index in [1.165, 1.54) is 6.20 Å². The van der Waals surface area contributed by atoms with E-state index < -0.39 is 0 Å². The van der Waals surface area contributed by atoms with E-state index in [2.05, 4.69) is 10.1 Å². The lowest BCUT2D eigenvalue weighted by atomic mass is 10.0. The van der Waals surface area contributed by atoms with E-state index in [0.29, 0.717) is 48.4 Å². The summed E-state index contributed by atoms with van der Waals surface area (Å²) in [5.74, 6) is 0.911. The van der Waals surface area contributed by atoms with Crippen molar-refractivity contribution >= 4 is 28.4 Å². The maximum absolute atomic E-state index is 12.5. The number of aryl methyl sites for hydroxylation is 2. The average Bonchev–Trinajstić information content (AvgIpc) is 3.38. The molecule has 0 atom stereocenters. The molecule has 1 amide bonds. The summed E-state index contributed by atoms with van der Waals surface area (Å²) in [6, 6.07) is 9.84. The van der Waals surface area contributed by atoms with Crippen molar-refractivity contribution in [3.63, 3.8) is 0 Å². The maximum Gasteiger partial charge on any atom is 0.260 e. The minimum absolute atomic E-state index is 0.110. The van der Waals surface area contributed by atoms with Crippen LogP contribution < -0.4 is 9.47 Å². The van der Waals surface area contributed by atoms with E-state index in [-0.39, 0.29) is 19.1 Å². The Kier molecular flexibility index (Phi) is 9.15. The van der Waals surface area contributed by atoms with E-state index in [0.717, 1.165) is 27.9 Å². The molecule has 0 N–H and O–H groups in total. The van der Waals surface area contributed by atoms with Gasteiger partial charge in [-0.3, -0.25) is 14.5 Å². The summed E-state index contributed by atoms with van der Waals surface area (Å²) < 4.78 is 19.2. The van der Waals surface area contributed by atoms with E-state index in [1.54, 1.807) is 17.3 Å². The molecule has 0 spiro atoms. The van der Waals surface area contributed by atoms with Gasteiger partial charge in [0.1, 0.15) is 23.6 Å². The first-order valence-corrected chi connectivity index (χ1v) is 13.0. The minimum Gasteiger partial charge on any atom is -0.486 e. The van der Waals surface area contributed by atoms with E-state index in [9.17, 15) is 4.79 Å². The lowest BCUT2D eigenvalue weighted by Crippen LogP contribution is -2.43. The molecule has 1 aromatic carbocycles. The molecule has 10 heteroatoms. The third-order valence-corrected chi connectivity index (χ3v) is 6.41. The second-order valence-corrected chi connectivity index (χ2v) is 8.88. The van der Waals surface area contributed by atoms with Crippen LogP contribution in [0, 0.1) is 6.92 Å². The smallest absolute Gasteiger partial charge is 0.260 e. The van der Waals surface area contributed by atoms with Gasteiger partial charge in [0, 0.05) is 49.2 Å². The lowest BCUT2D eigenvalue weighted by Gasteiger charge is -2.26. The molecule has 0 unspecified atom stereocenters. The molecule has 9 nitrogen and oxygen atoms in total. The molecule has 1 aliphatic rings. The predicted octanol–water partition coefficient (Wildman–Crippen LogP) is 4.83. The normalized spacial score (nSPS) is 13.1. The Morgan fingerprint density at radius 1 is 1.11 bits per heavy atom. The number of pyridine rings is 2. The number of aromatic nitrogens is 4. The first kappa shape index (κ1) is 27.3. The summed E-state index contributed by atoms with van der Waals surface area (Å²) in [5.41, 5.74) is 4.22. The fourth-order valence-corrected chi connectivity index (χ4v) is 4.42. The SMILES string of the molecule is CC.Cc1cc(-c2ccnn2C)c2cccc(OCc3c(Cl)cncc3OCC(=O)N3CCOCC3)c2n1. The number of amides is 1. The molecule has 1 aliphatic heterocycles. The zero-order valence-corrected chi connectivity index (χ0v) is 22.9. The highest BCUT2D eigenvalue weighted by atomic mass is 35.5. The van der Waals surface area contributed by atoms with Gasteiger partial charge >= 0.3 is 0 Å². The molecular weight excluding hydrogens is 506 g/mol. The molecule has 38 heavy (non-hydrogen) atoms. The molecule has 1 fully saturated rings. The van der Waals surface area contributed by atoms with Gasteiger partial charge in [0.15, 0.2) is 6.61 Å². The molecule has 0 radical (unpaired) electrons.